The highest BCUT2D eigenvalue weighted by Crippen LogP contribution is 2.40. The Labute approximate surface area is 94.1 Å². The number of ether oxygens (including phenoxy) is 1. The minimum Gasteiger partial charge on any atom is -0.480 e. The Balaban J connectivity index is 2.57. The molecular formula is C10H18N2O4. The molecule has 1 fully saturated rings. The molecule has 0 aromatic rings. The monoisotopic (exact) mass is 230 g/mol. The summed E-state index contributed by atoms with van der Waals surface area (Å²) in [7, 11) is 1.39. The number of nitrogens with two attached hydrogens (primary N) is 1. The molecule has 0 aliphatic heterocycles. The van der Waals surface area contributed by atoms with E-state index >= 15 is 0 Å². The first-order valence-electron chi connectivity index (χ1n) is 5.28. The largest absolute Gasteiger partial charge is 0.480 e. The first-order chi connectivity index (χ1) is 7.55. The summed E-state index contributed by atoms with van der Waals surface area (Å²) in [6, 6.07) is -0.999. The van der Waals surface area contributed by atoms with Crippen LogP contribution in [0.2, 0.25) is 0 Å². The van der Waals surface area contributed by atoms with Crippen molar-refractivity contribution in [1.82, 2.24) is 5.32 Å². The highest BCUT2D eigenvalue weighted by Gasteiger charge is 2.43. The van der Waals surface area contributed by atoms with Crippen molar-refractivity contribution in [2.45, 2.75) is 25.3 Å². The van der Waals surface area contributed by atoms with E-state index in [1.54, 1.807) is 0 Å². The molecule has 1 saturated carbocycles. The summed E-state index contributed by atoms with van der Waals surface area (Å²) in [5, 5.41) is 11.3. The molecule has 1 aliphatic carbocycles. The molecule has 0 heterocycles. The van der Waals surface area contributed by atoms with E-state index in [1.807, 2.05) is 0 Å². The second-order valence-corrected chi connectivity index (χ2v) is 4.16. The zero-order chi connectivity index (χ0) is 12.2. The van der Waals surface area contributed by atoms with Gasteiger partial charge >= 0.3 is 5.97 Å². The van der Waals surface area contributed by atoms with Crippen LogP contribution in [0, 0.1) is 5.41 Å². The predicted octanol–water partition coefficient (Wildman–Crippen LogP) is -0.669. The summed E-state index contributed by atoms with van der Waals surface area (Å²) in [4.78, 5) is 22.7. The van der Waals surface area contributed by atoms with Gasteiger partial charge in [0.15, 0.2) is 6.04 Å². The zero-order valence-corrected chi connectivity index (χ0v) is 9.36. The molecule has 1 rings (SSSR count). The van der Waals surface area contributed by atoms with Gasteiger partial charge in [0.2, 0.25) is 5.91 Å². The maximum atomic E-state index is 11.9. The Kier molecular flexibility index (Phi) is 4.26. The fourth-order valence-corrected chi connectivity index (χ4v) is 1.78. The number of carboxylic acids is 1. The summed E-state index contributed by atoms with van der Waals surface area (Å²) < 4.78 is 4.74. The van der Waals surface area contributed by atoms with E-state index in [0.717, 1.165) is 19.3 Å². The summed E-state index contributed by atoms with van der Waals surface area (Å²) in [6.07, 6.45) is 2.43. The summed E-state index contributed by atoms with van der Waals surface area (Å²) in [5.41, 5.74) is 5.00. The first-order valence-corrected chi connectivity index (χ1v) is 5.28. The van der Waals surface area contributed by atoms with Crippen LogP contribution in [0.15, 0.2) is 0 Å². The average molecular weight is 230 g/mol. The summed E-state index contributed by atoms with van der Waals surface area (Å²) in [6.45, 7) is 0.222. The third-order valence-corrected chi connectivity index (χ3v) is 3.12. The highest BCUT2D eigenvalue weighted by atomic mass is 16.5. The highest BCUT2D eigenvalue weighted by molar-refractivity contribution is 5.88. The van der Waals surface area contributed by atoms with Crippen molar-refractivity contribution in [3.05, 3.63) is 0 Å². The number of carbonyl (C=O) groups excluding carboxylic acids is 1. The normalized spacial score (nSPS) is 19.6. The van der Waals surface area contributed by atoms with Crippen molar-refractivity contribution in [3.63, 3.8) is 0 Å². The number of hydrogen-bond acceptors (Lipinski definition) is 4. The molecular weight excluding hydrogens is 212 g/mol. The summed E-state index contributed by atoms with van der Waals surface area (Å²) in [5.74, 6) is -1.37. The van der Waals surface area contributed by atoms with Crippen LogP contribution in [0.1, 0.15) is 19.3 Å². The predicted molar refractivity (Wildman–Crippen MR) is 56.8 cm³/mol. The molecule has 0 aromatic heterocycles. The first kappa shape index (κ1) is 12.9. The molecule has 0 radical (unpaired) electrons. The van der Waals surface area contributed by atoms with Gasteiger partial charge in [-0.15, -0.1) is 0 Å². The molecule has 0 spiro atoms. The van der Waals surface area contributed by atoms with Gasteiger partial charge < -0.3 is 20.9 Å². The molecule has 1 unspecified atom stereocenters. The lowest BCUT2D eigenvalue weighted by atomic mass is 9.68. The molecule has 0 saturated heterocycles. The Bertz CT molecular complexity index is 270. The van der Waals surface area contributed by atoms with Crippen LogP contribution in [0.3, 0.4) is 0 Å². The number of rotatable bonds is 6. The van der Waals surface area contributed by atoms with E-state index in [-0.39, 0.29) is 19.1 Å². The third-order valence-electron chi connectivity index (χ3n) is 3.12. The number of carboxylic acid groups (broad SMARTS) is 1. The average Bonchev–Trinajstić information content (AvgIpc) is 2.16. The Morgan fingerprint density at radius 1 is 1.56 bits per heavy atom. The zero-order valence-electron chi connectivity index (χ0n) is 9.36. The Morgan fingerprint density at radius 3 is 2.50 bits per heavy atom. The van der Waals surface area contributed by atoms with Gasteiger partial charge in [-0.25, -0.2) is 4.79 Å². The maximum absolute atomic E-state index is 11.9. The van der Waals surface area contributed by atoms with Crippen molar-refractivity contribution in [2.24, 2.45) is 11.1 Å². The van der Waals surface area contributed by atoms with E-state index in [2.05, 4.69) is 5.32 Å². The fraction of sp³-hybridized carbons (Fsp3) is 0.800. The fourth-order valence-electron chi connectivity index (χ4n) is 1.78. The van der Waals surface area contributed by atoms with Gasteiger partial charge in [-0.3, -0.25) is 4.79 Å². The SMILES string of the molecule is COCC(NC(=O)C1(CN)CCC1)C(=O)O. The van der Waals surface area contributed by atoms with Crippen LogP contribution in [-0.2, 0) is 14.3 Å². The third kappa shape index (κ3) is 2.51. The van der Waals surface area contributed by atoms with E-state index < -0.39 is 17.4 Å². The molecule has 6 heteroatoms. The topological polar surface area (TPSA) is 102 Å². The minimum absolute atomic E-state index is 0.0400. The molecule has 0 bridgehead atoms. The van der Waals surface area contributed by atoms with Gasteiger partial charge in [0, 0.05) is 13.7 Å². The number of carbonyl (C=O) groups is 2. The quantitative estimate of drug-likeness (QED) is 0.561. The number of aliphatic carboxylic acids is 1. The van der Waals surface area contributed by atoms with Gasteiger partial charge in [0.25, 0.3) is 0 Å². The van der Waals surface area contributed by atoms with Crippen LogP contribution in [-0.4, -0.2) is 43.3 Å². The van der Waals surface area contributed by atoms with Crippen molar-refractivity contribution in [1.29, 1.82) is 0 Å². The van der Waals surface area contributed by atoms with Gasteiger partial charge in [0.05, 0.1) is 12.0 Å². The molecule has 1 aliphatic rings. The van der Waals surface area contributed by atoms with Crippen LogP contribution in [0.4, 0.5) is 0 Å². The van der Waals surface area contributed by atoms with Crippen molar-refractivity contribution >= 4 is 11.9 Å². The minimum atomic E-state index is -1.10. The number of methoxy groups -OCH3 is 1. The lowest BCUT2D eigenvalue weighted by Crippen LogP contribution is -2.55. The van der Waals surface area contributed by atoms with Crippen LogP contribution in [0.5, 0.6) is 0 Å². The second kappa shape index (κ2) is 5.27. The van der Waals surface area contributed by atoms with Gasteiger partial charge in [-0.05, 0) is 12.8 Å². The maximum Gasteiger partial charge on any atom is 0.328 e. The Hall–Kier alpha value is -1.14. The molecule has 6 nitrogen and oxygen atoms in total. The lowest BCUT2D eigenvalue weighted by Gasteiger charge is -2.39. The molecule has 0 aromatic carbocycles. The lowest BCUT2D eigenvalue weighted by molar-refractivity contribution is -0.146. The van der Waals surface area contributed by atoms with Crippen molar-refractivity contribution < 1.29 is 19.4 Å². The van der Waals surface area contributed by atoms with Crippen LogP contribution < -0.4 is 11.1 Å². The van der Waals surface area contributed by atoms with Gasteiger partial charge in [-0.2, -0.15) is 0 Å². The number of hydrogen-bond donors (Lipinski definition) is 3. The molecule has 4 N–H and O–H groups in total. The van der Waals surface area contributed by atoms with E-state index in [0.29, 0.717) is 0 Å². The number of nitrogens with one attached hydrogen (secondary N) is 1. The van der Waals surface area contributed by atoms with Crippen LogP contribution in [0.25, 0.3) is 0 Å². The van der Waals surface area contributed by atoms with E-state index in [4.69, 9.17) is 15.6 Å². The molecule has 92 valence electrons. The smallest absolute Gasteiger partial charge is 0.328 e. The Morgan fingerprint density at radius 2 is 2.19 bits per heavy atom. The van der Waals surface area contributed by atoms with Crippen molar-refractivity contribution in [2.75, 3.05) is 20.3 Å². The van der Waals surface area contributed by atoms with Crippen LogP contribution >= 0.6 is 0 Å². The van der Waals surface area contributed by atoms with E-state index in [1.165, 1.54) is 7.11 Å². The van der Waals surface area contributed by atoms with E-state index in [9.17, 15) is 9.59 Å². The molecule has 1 atom stereocenters. The van der Waals surface area contributed by atoms with Crippen molar-refractivity contribution in [3.8, 4) is 0 Å². The molecule has 1 amide bonds. The standard InChI is InChI=1S/C10H18N2O4/c1-16-5-7(8(13)14)12-9(15)10(6-11)3-2-4-10/h7H,2-6,11H2,1H3,(H,12,15)(H,13,14). The van der Waals surface area contributed by atoms with Gasteiger partial charge in [-0.1, -0.05) is 6.42 Å². The molecule has 16 heavy (non-hydrogen) atoms. The summed E-state index contributed by atoms with van der Waals surface area (Å²) >= 11 is 0. The van der Waals surface area contributed by atoms with Gasteiger partial charge in [0.1, 0.15) is 0 Å². The second-order valence-electron chi connectivity index (χ2n) is 4.16. The number of amides is 1.